The average molecular weight is 261 g/mol. The smallest absolute Gasteiger partial charge is 0.128 e. The fraction of sp³-hybridized carbons (Fsp3) is 0.231. The standard InChI is InChI=1S/C13H12FN3S/c14-10-2-1-9-8-17(13(15)11(9)7-10)5-3-12-16-4-6-18-12/h1-2,4,6-7,15H,3,5,8H2. The predicted molar refractivity (Wildman–Crippen MR) is 69.5 cm³/mol. The maximum atomic E-state index is 13.1. The van der Waals surface area contributed by atoms with Crippen LogP contribution >= 0.6 is 11.3 Å². The van der Waals surface area contributed by atoms with Crippen molar-refractivity contribution in [1.29, 1.82) is 5.41 Å². The van der Waals surface area contributed by atoms with Gasteiger partial charge in [0.25, 0.3) is 0 Å². The minimum atomic E-state index is -0.278. The SMILES string of the molecule is N=C1c2cc(F)ccc2CN1CCc1nccs1. The van der Waals surface area contributed by atoms with Crippen molar-refractivity contribution in [3.63, 3.8) is 0 Å². The van der Waals surface area contributed by atoms with Gasteiger partial charge in [0.15, 0.2) is 0 Å². The number of aromatic nitrogens is 1. The summed E-state index contributed by atoms with van der Waals surface area (Å²) in [7, 11) is 0. The van der Waals surface area contributed by atoms with Gasteiger partial charge in [-0.15, -0.1) is 11.3 Å². The molecule has 5 heteroatoms. The van der Waals surface area contributed by atoms with Crippen molar-refractivity contribution in [2.24, 2.45) is 0 Å². The van der Waals surface area contributed by atoms with Gasteiger partial charge in [-0.2, -0.15) is 0 Å². The lowest BCUT2D eigenvalue weighted by Gasteiger charge is -2.16. The molecule has 0 spiro atoms. The van der Waals surface area contributed by atoms with E-state index in [-0.39, 0.29) is 5.82 Å². The van der Waals surface area contributed by atoms with Crippen LogP contribution in [0.5, 0.6) is 0 Å². The lowest BCUT2D eigenvalue weighted by atomic mass is 10.1. The highest BCUT2D eigenvalue weighted by Gasteiger charge is 2.24. The molecule has 0 saturated heterocycles. The largest absolute Gasteiger partial charge is 0.352 e. The molecule has 3 rings (SSSR count). The zero-order chi connectivity index (χ0) is 12.5. The molecule has 0 atom stereocenters. The normalized spacial score (nSPS) is 14.1. The molecule has 1 aromatic carbocycles. The van der Waals surface area contributed by atoms with Gasteiger partial charge in [-0.3, -0.25) is 5.41 Å². The second-order valence-electron chi connectivity index (χ2n) is 4.25. The van der Waals surface area contributed by atoms with Crippen molar-refractivity contribution >= 4 is 17.2 Å². The van der Waals surface area contributed by atoms with E-state index in [1.165, 1.54) is 12.1 Å². The van der Waals surface area contributed by atoms with Crippen LogP contribution in [0.1, 0.15) is 16.1 Å². The molecule has 0 radical (unpaired) electrons. The van der Waals surface area contributed by atoms with Crippen LogP contribution in [0, 0.1) is 11.2 Å². The molecule has 92 valence electrons. The number of benzene rings is 1. The third kappa shape index (κ3) is 2.01. The van der Waals surface area contributed by atoms with E-state index in [0.717, 1.165) is 23.5 Å². The summed E-state index contributed by atoms with van der Waals surface area (Å²) in [6.45, 7) is 1.45. The molecular formula is C13H12FN3S. The Balaban J connectivity index is 1.72. The molecule has 18 heavy (non-hydrogen) atoms. The Morgan fingerprint density at radius 3 is 3.11 bits per heavy atom. The van der Waals surface area contributed by atoms with Crippen LogP contribution < -0.4 is 0 Å². The van der Waals surface area contributed by atoms with E-state index in [1.54, 1.807) is 23.6 Å². The molecule has 0 bridgehead atoms. The number of nitrogens with zero attached hydrogens (tertiary/aromatic N) is 2. The third-order valence-corrected chi connectivity index (χ3v) is 3.92. The Labute approximate surface area is 108 Å². The minimum absolute atomic E-state index is 0.278. The molecule has 2 heterocycles. The number of fused-ring (bicyclic) bond motifs is 1. The monoisotopic (exact) mass is 261 g/mol. The first-order valence-electron chi connectivity index (χ1n) is 5.75. The number of hydrogen-bond acceptors (Lipinski definition) is 3. The molecular weight excluding hydrogens is 249 g/mol. The van der Waals surface area contributed by atoms with Gasteiger partial charge in [0.1, 0.15) is 11.7 Å². The summed E-state index contributed by atoms with van der Waals surface area (Å²) >= 11 is 1.63. The summed E-state index contributed by atoms with van der Waals surface area (Å²) in [4.78, 5) is 6.19. The summed E-state index contributed by atoms with van der Waals surface area (Å²) in [5.41, 5.74) is 1.75. The summed E-state index contributed by atoms with van der Waals surface area (Å²) < 4.78 is 13.1. The van der Waals surface area contributed by atoms with Gasteiger partial charge in [-0.05, 0) is 17.7 Å². The highest BCUT2D eigenvalue weighted by molar-refractivity contribution is 7.09. The molecule has 0 amide bonds. The Hall–Kier alpha value is -1.75. The quantitative estimate of drug-likeness (QED) is 0.922. The number of nitrogens with one attached hydrogen (secondary N) is 1. The van der Waals surface area contributed by atoms with Crippen LogP contribution in [0.25, 0.3) is 0 Å². The first kappa shape index (κ1) is 11.3. The molecule has 3 nitrogen and oxygen atoms in total. The van der Waals surface area contributed by atoms with Crippen molar-refractivity contribution in [3.05, 3.63) is 51.7 Å². The third-order valence-electron chi connectivity index (χ3n) is 3.08. The van der Waals surface area contributed by atoms with Crippen molar-refractivity contribution in [2.75, 3.05) is 6.54 Å². The topological polar surface area (TPSA) is 40.0 Å². The van der Waals surface area contributed by atoms with E-state index >= 15 is 0 Å². The molecule has 1 aliphatic heterocycles. The van der Waals surface area contributed by atoms with Gasteiger partial charge in [0, 0.05) is 36.7 Å². The van der Waals surface area contributed by atoms with Gasteiger partial charge in [-0.1, -0.05) is 6.07 Å². The number of thiazole rings is 1. The second kappa shape index (κ2) is 4.49. The molecule has 1 aliphatic rings. The maximum Gasteiger partial charge on any atom is 0.128 e. The Morgan fingerprint density at radius 1 is 1.44 bits per heavy atom. The molecule has 0 saturated carbocycles. The van der Waals surface area contributed by atoms with Crippen LogP contribution in [-0.4, -0.2) is 22.3 Å². The average Bonchev–Trinajstić information content (AvgIpc) is 2.97. The lowest BCUT2D eigenvalue weighted by molar-refractivity contribution is 0.432. The van der Waals surface area contributed by atoms with Crippen LogP contribution in [-0.2, 0) is 13.0 Å². The molecule has 0 fully saturated rings. The first-order valence-corrected chi connectivity index (χ1v) is 6.62. The number of halogens is 1. The summed E-state index contributed by atoms with van der Waals surface area (Å²) in [6.07, 6.45) is 2.62. The Kier molecular flexibility index (Phi) is 2.83. The lowest BCUT2D eigenvalue weighted by Crippen LogP contribution is -2.26. The van der Waals surface area contributed by atoms with Crippen LogP contribution in [0.2, 0.25) is 0 Å². The first-order chi connectivity index (χ1) is 8.74. The minimum Gasteiger partial charge on any atom is -0.352 e. The Morgan fingerprint density at radius 2 is 2.33 bits per heavy atom. The fourth-order valence-electron chi connectivity index (χ4n) is 2.16. The van der Waals surface area contributed by atoms with Gasteiger partial charge >= 0.3 is 0 Å². The van der Waals surface area contributed by atoms with E-state index in [1.807, 2.05) is 10.3 Å². The molecule has 2 aromatic rings. The zero-order valence-corrected chi connectivity index (χ0v) is 10.5. The summed E-state index contributed by atoms with van der Waals surface area (Å²) in [5, 5.41) is 11.1. The molecule has 0 unspecified atom stereocenters. The maximum absolute atomic E-state index is 13.1. The van der Waals surface area contributed by atoms with Crippen LogP contribution in [0.4, 0.5) is 4.39 Å². The van der Waals surface area contributed by atoms with Gasteiger partial charge < -0.3 is 4.90 Å². The number of hydrogen-bond donors (Lipinski definition) is 1. The van der Waals surface area contributed by atoms with Crippen molar-refractivity contribution in [3.8, 4) is 0 Å². The van der Waals surface area contributed by atoms with Crippen molar-refractivity contribution in [2.45, 2.75) is 13.0 Å². The Bertz CT molecular complexity index is 580. The predicted octanol–water partition coefficient (Wildman–Crippen LogP) is 2.67. The van der Waals surface area contributed by atoms with Crippen molar-refractivity contribution < 1.29 is 4.39 Å². The van der Waals surface area contributed by atoms with Gasteiger partial charge in [0.05, 0.1) is 5.01 Å². The van der Waals surface area contributed by atoms with E-state index < -0.39 is 0 Å². The number of amidine groups is 1. The summed E-state index contributed by atoms with van der Waals surface area (Å²) in [6, 6.07) is 4.67. The van der Waals surface area contributed by atoms with E-state index in [0.29, 0.717) is 17.9 Å². The fourth-order valence-corrected chi connectivity index (χ4v) is 2.77. The molecule has 1 aromatic heterocycles. The van der Waals surface area contributed by atoms with Crippen LogP contribution in [0.3, 0.4) is 0 Å². The highest BCUT2D eigenvalue weighted by Crippen LogP contribution is 2.23. The van der Waals surface area contributed by atoms with E-state index in [9.17, 15) is 4.39 Å². The highest BCUT2D eigenvalue weighted by atomic mass is 32.1. The van der Waals surface area contributed by atoms with Crippen LogP contribution in [0.15, 0.2) is 29.8 Å². The molecule has 0 aliphatic carbocycles. The van der Waals surface area contributed by atoms with Gasteiger partial charge in [-0.25, -0.2) is 9.37 Å². The van der Waals surface area contributed by atoms with E-state index in [2.05, 4.69) is 4.98 Å². The number of rotatable bonds is 3. The summed E-state index contributed by atoms with van der Waals surface area (Å²) in [5.74, 6) is 0.140. The molecule has 1 N–H and O–H groups in total. The van der Waals surface area contributed by atoms with E-state index in [4.69, 9.17) is 5.41 Å². The van der Waals surface area contributed by atoms with Gasteiger partial charge in [0.2, 0.25) is 0 Å². The zero-order valence-electron chi connectivity index (χ0n) is 9.69. The van der Waals surface area contributed by atoms with Crippen molar-refractivity contribution in [1.82, 2.24) is 9.88 Å². The second-order valence-corrected chi connectivity index (χ2v) is 5.23.